The van der Waals surface area contributed by atoms with E-state index in [2.05, 4.69) is 35.5 Å². The van der Waals surface area contributed by atoms with Crippen molar-refractivity contribution in [2.45, 2.75) is 20.8 Å². The average Bonchev–Trinajstić information content (AvgIpc) is 2.31. The summed E-state index contributed by atoms with van der Waals surface area (Å²) in [6.45, 7) is 17.9. The molecule has 1 heterocycles. The van der Waals surface area contributed by atoms with Gasteiger partial charge in [-0.05, 0) is 19.6 Å². The molecule has 1 saturated heterocycles. The first-order valence-corrected chi connectivity index (χ1v) is 6.47. The Bertz CT molecular complexity index is 149. The van der Waals surface area contributed by atoms with Crippen molar-refractivity contribution in [1.29, 1.82) is 0 Å². The second kappa shape index (κ2) is 7.20. The number of hydrogen-bond acceptors (Lipinski definition) is 3. The molecule has 1 fully saturated rings. The van der Waals surface area contributed by atoms with Crippen molar-refractivity contribution >= 4 is 0 Å². The maximum Gasteiger partial charge on any atom is 0.0110 e. The zero-order valence-electron chi connectivity index (χ0n) is 10.7. The van der Waals surface area contributed by atoms with Gasteiger partial charge in [-0.1, -0.05) is 20.8 Å². The minimum absolute atomic E-state index is 1.19. The van der Waals surface area contributed by atoms with Gasteiger partial charge >= 0.3 is 0 Å². The maximum absolute atomic E-state index is 2.60. The molecular weight excluding hydrogens is 186 g/mol. The topological polar surface area (TPSA) is 9.72 Å². The van der Waals surface area contributed by atoms with Crippen LogP contribution in [0, 0.1) is 0 Å². The Balaban J connectivity index is 2.12. The van der Waals surface area contributed by atoms with Gasteiger partial charge < -0.3 is 9.80 Å². The highest BCUT2D eigenvalue weighted by Crippen LogP contribution is 2.01. The van der Waals surface area contributed by atoms with E-state index < -0.39 is 0 Å². The van der Waals surface area contributed by atoms with Crippen LogP contribution in [0.1, 0.15) is 20.8 Å². The van der Waals surface area contributed by atoms with Gasteiger partial charge in [0.1, 0.15) is 0 Å². The summed E-state index contributed by atoms with van der Waals surface area (Å²) in [4.78, 5) is 7.64. The van der Waals surface area contributed by atoms with E-state index in [0.29, 0.717) is 0 Å². The molecule has 3 nitrogen and oxygen atoms in total. The highest BCUT2D eigenvalue weighted by molar-refractivity contribution is 4.71. The summed E-state index contributed by atoms with van der Waals surface area (Å²) in [7, 11) is 0. The Morgan fingerprint density at radius 3 is 1.87 bits per heavy atom. The molecule has 1 aliphatic heterocycles. The lowest BCUT2D eigenvalue weighted by Crippen LogP contribution is -2.48. The number of likely N-dealkylation sites (N-methyl/N-ethyl adjacent to an activating group) is 2. The first-order chi connectivity index (χ1) is 7.30. The van der Waals surface area contributed by atoms with Crippen molar-refractivity contribution in [2.75, 3.05) is 58.9 Å². The predicted molar refractivity (Wildman–Crippen MR) is 66.3 cm³/mol. The first-order valence-electron chi connectivity index (χ1n) is 6.47. The highest BCUT2D eigenvalue weighted by Gasteiger charge is 2.15. The van der Waals surface area contributed by atoms with Crippen molar-refractivity contribution in [3.05, 3.63) is 0 Å². The van der Waals surface area contributed by atoms with Crippen molar-refractivity contribution in [2.24, 2.45) is 0 Å². The fourth-order valence-corrected chi connectivity index (χ4v) is 2.15. The lowest BCUT2D eigenvalue weighted by atomic mass is 10.3. The van der Waals surface area contributed by atoms with Crippen LogP contribution in [0.25, 0.3) is 0 Å². The smallest absolute Gasteiger partial charge is 0.0110 e. The zero-order chi connectivity index (χ0) is 11.1. The molecule has 1 rings (SSSR count). The van der Waals surface area contributed by atoms with E-state index in [1.165, 1.54) is 58.9 Å². The molecule has 0 radical (unpaired) electrons. The van der Waals surface area contributed by atoms with Crippen molar-refractivity contribution in [1.82, 2.24) is 14.7 Å². The molecule has 0 aliphatic carbocycles. The van der Waals surface area contributed by atoms with Crippen molar-refractivity contribution in [3.63, 3.8) is 0 Å². The molecule has 0 unspecified atom stereocenters. The van der Waals surface area contributed by atoms with Gasteiger partial charge in [0.05, 0.1) is 0 Å². The number of nitrogens with zero attached hydrogens (tertiary/aromatic N) is 3. The number of hydrogen-bond donors (Lipinski definition) is 0. The fraction of sp³-hybridized carbons (Fsp3) is 1.00. The molecule has 0 aromatic heterocycles. The third-order valence-electron chi connectivity index (χ3n) is 3.54. The summed E-state index contributed by atoms with van der Waals surface area (Å²) in [6.07, 6.45) is 0. The Labute approximate surface area is 95.0 Å². The molecule has 1 aliphatic rings. The molecule has 90 valence electrons. The molecular formula is C12H27N3. The fourth-order valence-electron chi connectivity index (χ4n) is 2.15. The van der Waals surface area contributed by atoms with Crippen LogP contribution in [0.2, 0.25) is 0 Å². The van der Waals surface area contributed by atoms with Crippen molar-refractivity contribution in [3.8, 4) is 0 Å². The molecule has 0 aromatic rings. The summed E-state index contributed by atoms with van der Waals surface area (Å²) in [5, 5.41) is 0. The van der Waals surface area contributed by atoms with Crippen LogP contribution in [-0.4, -0.2) is 73.6 Å². The minimum Gasteiger partial charge on any atom is -0.303 e. The number of rotatable bonds is 6. The molecule has 15 heavy (non-hydrogen) atoms. The summed E-state index contributed by atoms with van der Waals surface area (Å²) in [5.74, 6) is 0. The molecule has 0 saturated carbocycles. The van der Waals surface area contributed by atoms with Crippen LogP contribution in [0.4, 0.5) is 0 Å². The van der Waals surface area contributed by atoms with Gasteiger partial charge in [0.15, 0.2) is 0 Å². The van der Waals surface area contributed by atoms with Crippen LogP contribution in [0.15, 0.2) is 0 Å². The maximum atomic E-state index is 2.60. The van der Waals surface area contributed by atoms with Crippen LogP contribution in [0.5, 0.6) is 0 Å². The normalized spacial score (nSPS) is 20.0. The molecule has 0 atom stereocenters. The van der Waals surface area contributed by atoms with Gasteiger partial charge in [0, 0.05) is 39.3 Å². The lowest BCUT2D eigenvalue weighted by Gasteiger charge is -2.35. The van der Waals surface area contributed by atoms with Crippen molar-refractivity contribution < 1.29 is 0 Å². The Kier molecular flexibility index (Phi) is 6.22. The average molecular weight is 213 g/mol. The summed E-state index contributed by atoms with van der Waals surface area (Å²) < 4.78 is 0. The van der Waals surface area contributed by atoms with Crippen LogP contribution in [0.3, 0.4) is 0 Å². The van der Waals surface area contributed by atoms with Gasteiger partial charge in [0.25, 0.3) is 0 Å². The summed E-state index contributed by atoms with van der Waals surface area (Å²) in [6, 6.07) is 0. The standard InChI is InChI=1S/C12H27N3/c1-4-13(5-2)7-10-15-11-8-14(6-3)9-12-15/h4-12H2,1-3H3. The third-order valence-corrected chi connectivity index (χ3v) is 3.54. The van der Waals surface area contributed by atoms with Crippen LogP contribution < -0.4 is 0 Å². The third kappa shape index (κ3) is 4.49. The predicted octanol–water partition coefficient (Wildman–Crippen LogP) is 0.966. The van der Waals surface area contributed by atoms with E-state index in [1.54, 1.807) is 0 Å². The molecule has 3 heteroatoms. The Morgan fingerprint density at radius 2 is 1.40 bits per heavy atom. The van der Waals surface area contributed by atoms with E-state index in [-0.39, 0.29) is 0 Å². The minimum atomic E-state index is 1.19. The van der Waals surface area contributed by atoms with E-state index in [4.69, 9.17) is 0 Å². The quantitative estimate of drug-likeness (QED) is 0.651. The molecule has 0 spiro atoms. The molecule has 0 amide bonds. The van der Waals surface area contributed by atoms with E-state index >= 15 is 0 Å². The second-order valence-electron chi connectivity index (χ2n) is 4.30. The largest absolute Gasteiger partial charge is 0.303 e. The second-order valence-corrected chi connectivity index (χ2v) is 4.30. The first kappa shape index (κ1) is 12.9. The van der Waals surface area contributed by atoms with E-state index in [0.717, 1.165) is 0 Å². The highest BCUT2D eigenvalue weighted by atomic mass is 15.3. The zero-order valence-corrected chi connectivity index (χ0v) is 10.7. The Hall–Kier alpha value is -0.120. The van der Waals surface area contributed by atoms with Crippen LogP contribution in [-0.2, 0) is 0 Å². The van der Waals surface area contributed by atoms with Gasteiger partial charge in [-0.2, -0.15) is 0 Å². The lowest BCUT2D eigenvalue weighted by molar-refractivity contribution is 0.124. The molecule has 0 aromatic carbocycles. The van der Waals surface area contributed by atoms with E-state index in [9.17, 15) is 0 Å². The Morgan fingerprint density at radius 1 is 0.867 bits per heavy atom. The summed E-state index contributed by atoms with van der Waals surface area (Å²) in [5.41, 5.74) is 0. The van der Waals surface area contributed by atoms with E-state index in [1.807, 2.05) is 0 Å². The van der Waals surface area contributed by atoms with Gasteiger partial charge in [-0.25, -0.2) is 0 Å². The monoisotopic (exact) mass is 213 g/mol. The molecule has 0 N–H and O–H groups in total. The van der Waals surface area contributed by atoms with Gasteiger partial charge in [-0.3, -0.25) is 4.90 Å². The number of piperazine rings is 1. The summed E-state index contributed by atoms with van der Waals surface area (Å²) >= 11 is 0. The van der Waals surface area contributed by atoms with Gasteiger partial charge in [-0.15, -0.1) is 0 Å². The SMILES string of the molecule is CCN(CC)CCN1CCN(CC)CC1. The van der Waals surface area contributed by atoms with Gasteiger partial charge in [0.2, 0.25) is 0 Å². The molecule has 0 bridgehead atoms. The van der Waals surface area contributed by atoms with Crippen LogP contribution >= 0.6 is 0 Å².